The van der Waals surface area contributed by atoms with Crippen LogP contribution in [-0.2, 0) is 4.79 Å². The van der Waals surface area contributed by atoms with Crippen LogP contribution in [0.5, 0.6) is 0 Å². The van der Waals surface area contributed by atoms with E-state index >= 15 is 0 Å². The quantitative estimate of drug-likeness (QED) is 0.600. The van der Waals surface area contributed by atoms with Crippen molar-refractivity contribution in [2.45, 2.75) is 19.8 Å². The summed E-state index contributed by atoms with van der Waals surface area (Å²) in [5, 5.41) is 13.3. The highest BCUT2D eigenvalue weighted by Crippen LogP contribution is 2.25. The molecule has 1 aromatic rings. The van der Waals surface area contributed by atoms with Crippen LogP contribution in [-0.4, -0.2) is 17.4 Å². The molecule has 0 unspecified atom stereocenters. The van der Waals surface area contributed by atoms with Gasteiger partial charge in [-0.15, -0.1) is 0 Å². The first-order valence-electron chi connectivity index (χ1n) is 5.29. The van der Waals surface area contributed by atoms with Crippen LogP contribution in [0, 0.1) is 17.0 Å². The van der Waals surface area contributed by atoms with Crippen molar-refractivity contribution in [3.63, 3.8) is 0 Å². The molecule has 0 aliphatic rings. The molecule has 1 rings (SSSR count). The highest BCUT2D eigenvalue weighted by Gasteiger charge is 2.15. The monoisotopic (exact) mass is 237 g/mol. The molecule has 6 nitrogen and oxygen atoms in total. The zero-order valence-electron chi connectivity index (χ0n) is 9.60. The predicted molar refractivity (Wildman–Crippen MR) is 64.8 cm³/mol. The minimum absolute atomic E-state index is 0.100. The van der Waals surface area contributed by atoms with Crippen LogP contribution in [0.15, 0.2) is 18.2 Å². The molecule has 6 heteroatoms. The fourth-order valence-electron chi connectivity index (χ4n) is 1.38. The molecule has 0 aromatic heterocycles. The number of amides is 1. The van der Waals surface area contributed by atoms with Gasteiger partial charge in [0, 0.05) is 12.5 Å². The van der Waals surface area contributed by atoms with Crippen LogP contribution in [0.25, 0.3) is 0 Å². The molecule has 0 aliphatic heterocycles. The molecule has 0 saturated heterocycles. The van der Waals surface area contributed by atoms with Gasteiger partial charge in [-0.1, -0.05) is 6.07 Å². The molecule has 0 saturated carbocycles. The largest absolute Gasteiger partial charge is 0.330 e. The van der Waals surface area contributed by atoms with Gasteiger partial charge in [0.2, 0.25) is 5.91 Å². The third-order valence-corrected chi connectivity index (χ3v) is 2.23. The van der Waals surface area contributed by atoms with Crippen molar-refractivity contribution in [1.29, 1.82) is 0 Å². The summed E-state index contributed by atoms with van der Waals surface area (Å²) in [6, 6.07) is 4.60. The molecule has 0 fully saturated rings. The van der Waals surface area contributed by atoms with Gasteiger partial charge < -0.3 is 11.1 Å². The Morgan fingerprint density at radius 2 is 2.24 bits per heavy atom. The van der Waals surface area contributed by atoms with Crippen LogP contribution in [0.4, 0.5) is 11.4 Å². The lowest BCUT2D eigenvalue weighted by molar-refractivity contribution is -0.383. The maximum atomic E-state index is 11.5. The number of nitrogens with zero attached hydrogens (tertiary/aromatic N) is 1. The van der Waals surface area contributed by atoms with Gasteiger partial charge in [0.15, 0.2) is 0 Å². The average molecular weight is 237 g/mol. The highest BCUT2D eigenvalue weighted by molar-refractivity contribution is 5.93. The van der Waals surface area contributed by atoms with E-state index in [9.17, 15) is 14.9 Å². The van der Waals surface area contributed by atoms with Crippen molar-refractivity contribution in [1.82, 2.24) is 0 Å². The number of hydrogen-bond donors (Lipinski definition) is 2. The van der Waals surface area contributed by atoms with E-state index in [1.165, 1.54) is 6.07 Å². The van der Waals surface area contributed by atoms with E-state index in [0.29, 0.717) is 13.0 Å². The fourth-order valence-corrected chi connectivity index (χ4v) is 1.38. The number of hydrogen-bond acceptors (Lipinski definition) is 4. The minimum Gasteiger partial charge on any atom is -0.330 e. The van der Waals surface area contributed by atoms with E-state index in [-0.39, 0.29) is 23.7 Å². The normalized spacial score (nSPS) is 10.0. The lowest BCUT2D eigenvalue weighted by Gasteiger charge is -2.06. The topological polar surface area (TPSA) is 98.3 Å². The van der Waals surface area contributed by atoms with Crippen molar-refractivity contribution in [2.75, 3.05) is 11.9 Å². The summed E-state index contributed by atoms with van der Waals surface area (Å²) in [7, 11) is 0. The van der Waals surface area contributed by atoms with Crippen molar-refractivity contribution in [3.05, 3.63) is 33.9 Å². The molecular formula is C11H15N3O3. The predicted octanol–water partition coefficient (Wildman–Crippen LogP) is 1.58. The van der Waals surface area contributed by atoms with Gasteiger partial charge in [0.05, 0.1) is 4.92 Å². The molecule has 0 aliphatic carbocycles. The van der Waals surface area contributed by atoms with Gasteiger partial charge in [0.25, 0.3) is 5.69 Å². The van der Waals surface area contributed by atoms with Crippen molar-refractivity contribution in [2.24, 2.45) is 5.73 Å². The molecule has 0 heterocycles. The van der Waals surface area contributed by atoms with Gasteiger partial charge in [-0.3, -0.25) is 14.9 Å². The molecule has 17 heavy (non-hydrogen) atoms. The molecule has 92 valence electrons. The maximum Gasteiger partial charge on any atom is 0.292 e. The van der Waals surface area contributed by atoms with Crippen LogP contribution >= 0.6 is 0 Å². The molecular weight excluding hydrogens is 222 g/mol. The van der Waals surface area contributed by atoms with E-state index < -0.39 is 4.92 Å². The van der Waals surface area contributed by atoms with E-state index in [1.54, 1.807) is 19.1 Å². The minimum atomic E-state index is -0.516. The van der Waals surface area contributed by atoms with E-state index in [1.807, 2.05) is 0 Å². The second kappa shape index (κ2) is 5.95. The van der Waals surface area contributed by atoms with Gasteiger partial charge >= 0.3 is 0 Å². The number of nitro benzene ring substituents is 1. The first-order valence-corrected chi connectivity index (χ1v) is 5.29. The number of aryl methyl sites for hydroxylation is 1. The zero-order valence-corrected chi connectivity index (χ0v) is 9.60. The molecule has 0 bridgehead atoms. The summed E-state index contributed by atoms with van der Waals surface area (Å²) in [5.74, 6) is -0.260. The summed E-state index contributed by atoms with van der Waals surface area (Å²) in [6.07, 6.45) is 0.826. The molecule has 1 amide bonds. The van der Waals surface area contributed by atoms with E-state index in [4.69, 9.17) is 5.73 Å². The summed E-state index contributed by atoms with van der Waals surface area (Å²) in [6.45, 7) is 2.22. The van der Waals surface area contributed by atoms with Crippen LogP contribution < -0.4 is 11.1 Å². The Balaban J connectivity index is 2.85. The van der Waals surface area contributed by atoms with E-state index in [0.717, 1.165) is 5.56 Å². The number of anilines is 1. The van der Waals surface area contributed by atoms with Gasteiger partial charge in [-0.05, 0) is 31.5 Å². The van der Waals surface area contributed by atoms with Gasteiger partial charge in [-0.25, -0.2) is 0 Å². The summed E-state index contributed by atoms with van der Waals surface area (Å²) in [4.78, 5) is 21.7. The Labute approximate surface area is 99.0 Å². The average Bonchev–Trinajstić information content (AvgIpc) is 2.26. The maximum absolute atomic E-state index is 11.5. The molecule has 0 atom stereocenters. The Morgan fingerprint density at radius 3 is 2.82 bits per heavy atom. The lowest BCUT2D eigenvalue weighted by Crippen LogP contribution is -2.14. The number of nitrogens with two attached hydrogens (primary N) is 1. The second-order valence-electron chi connectivity index (χ2n) is 3.72. The third kappa shape index (κ3) is 3.84. The molecule has 0 spiro atoms. The Bertz CT molecular complexity index is 432. The Kier molecular flexibility index (Phi) is 4.59. The summed E-state index contributed by atoms with van der Waals surface area (Å²) in [5.41, 5.74) is 6.27. The van der Waals surface area contributed by atoms with Crippen LogP contribution in [0.3, 0.4) is 0 Å². The van der Waals surface area contributed by atoms with Gasteiger partial charge in [-0.2, -0.15) is 0 Å². The highest BCUT2D eigenvalue weighted by atomic mass is 16.6. The standard InChI is InChI=1S/C11H15N3O3/c1-8-4-5-10(14(16)17)9(7-8)13-11(15)3-2-6-12/h4-5,7H,2-3,6,12H2,1H3,(H,13,15). The smallest absolute Gasteiger partial charge is 0.292 e. The Morgan fingerprint density at radius 1 is 1.53 bits per heavy atom. The van der Waals surface area contributed by atoms with Gasteiger partial charge in [0.1, 0.15) is 5.69 Å². The Hall–Kier alpha value is -1.95. The molecule has 3 N–H and O–H groups in total. The fraction of sp³-hybridized carbons (Fsp3) is 0.364. The van der Waals surface area contributed by atoms with Crippen LogP contribution in [0.2, 0.25) is 0 Å². The first-order chi connectivity index (χ1) is 8.04. The molecule has 0 radical (unpaired) electrons. The van der Waals surface area contributed by atoms with Crippen molar-refractivity contribution in [3.8, 4) is 0 Å². The number of carbonyl (C=O) groups excluding carboxylic acids is 1. The summed E-state index contributed by atoms with van der Waals surface area (Å²) >= 11 is 0. The van der Waals surface area contributed by atoms with E-state index in [2.05, 4.69) is 5.32 Å². The number of nitro groups is 1. The SMILES string of the molecule is Cc1ccc([N+](=O)[O-])c(NC(=O)CCCN)c1. The first kappa shape index (κ1) is 13.1. The van der Waals surface area contributed by atoms with Crippen LogP contribution in [0.1, 0.15) is 18.4 Å². The zero-order chi connectivity index (χ0) is 12.8. The number of benzene rings is 1. The van der Waals surface area contributed by atoms with Crippen molar-refractivity contribution >= 4 is 17.3 Å². The van der Waals surface area contributed by atoms with Crippen molar-refractivity contribution < 1.29 is 9.72 Å². The lowest BCUT2D eigenvalue weighted by atomic mass is 10.2. The second-order valence-corrected chi connectivity index (χ2v) is 3.72. The number of rotatable bonds is 5. The summed E-state index contributed by atoms with van der Waals surface area (Å²) < 4.78 is 0. The third-order valence-electron chi connectivity index (χ3n) is 2.23. The number of carbonyl (C=O) groups is 1. The number of nitrogens with one attached hydrogen (secondary N) is 1. The molecule has 1 aromatic carbocycles.